The molecule has 2 aromatic carbocycles. The number of nitrogens with zero attached hydrogens (tertiary/aromatic N) is 1. The second kappa shape index (κ2) is 8.52. The van der Waals surface area contributed by atoms with Crippen LogP contribution >= 0.6 is 46.4 Å². The van der Waals surface area contributed by atoms with Crippen LogP contribution < -0.4 is 10.6 Å². The SMILES string of the molecule is C=Cc1ccc(C2C(Cl)(Cl)C2(C=O)CNc2ccc(Cl)c(C(=O)NC3(C#N)CC3)c2)cc1Cl. The van der Waals surface area contributed by atoms with Crippen LogP contribution in [0.3, 0.4) is 0 Å². The number of benzene rings is 2. The van der Waals surface area contributed by atoms with E-state index >= 15 is 0 Å². The van der Waals surface area contributed by atoms with Gasteiger partial charge in [-0.1, -0.05) is 71.2 Å². The molecule has 2 aromatic rings. The number of nitrogens with one attached hydrogen (secondary N) is 2. The van der Waals surface area contributed by atoms with Crippen LogP contribution in [0.25, 0.3) is 6.08 Å². The van der Waals surface area contributed by atoms with Gasteiger partial charge in [0.25, 0.3) is 5.91 Å². The lowest BCUT2D eigenvalue weighted by Crippen LogP contribution is -2.35. The second-order valence-electron chi connectivity index (χ2n) is 8.40. The first-order chi connectivity index (χ1) is 15.6. The van der Waals surface area contributed by atoms with Crippen LogP contribution in [0.15, 0.2) is 43.0 Å². The molecule has 0 saturated heterocycles. The first-order valence-corrected chi connectivity index (χ1v) is 11.7. The quantitative estimate of drug-likeness (QED) is 0.329. The molecule has 2 fully saturated rings. The Bertz CT molecular complexity index is 1200. The second-order valence-corrected chi connectivity index (χ2v) is 10.6. The van der Waals surface area contributed by atoms with Crippen molar-refractivity contribution in [2.75, 3.05) is 11.9 Å². The molecule has 2 aliphatic rings. The smallest absolute Gasteiger partial charge is 0.254 e. The first kappa shape index (κ1) is 23.9. The van der Waals surface area contributed by atoms with E-state index in [1.807, 2.05) is 6.07 Å². The van der Waals surface area contributed by atoms with Crippen molar-refractivity contribution in [3.8, 4) is 6.07 Å². The zero-order valence-electron chi connectivity index (χ0n) is 17.3. The summed E-state index contributed by atoms with van der Waals surface area (Å²) in [5.74, 6) is -0.909. The van der Waals surface area contributed by atoms with Gasteiger partial charge in [0.1, 0.15) is 16.2 Å². The molecule has 0 radical (unpaired) electrons. The van der Waals surface area contributed by atoms with Gasteiger partial charge in [0, 0.05) is 23.2 Å². The number of rotatable bonds is 8. The Labute approximate surface area is 211 Å². The van der Waals surface area contributed by atoms with Crippen molar-refractivity contribution in [3.05, 3.63) is 69.7 Å². The standard InChI is InChI=1S/C24H19Cl4N3O2/c1-2-14-3-4-15(9-19(14)26)20-23(13-32,24(20,27)28)12-30-16-5-6-18(25)17(10-16)21(33)31-22(11-29)7-8-22/h2-6,9-10,13,20,30H,1,7-8,12H2,(H,31,33). The maximum Gasteiger partial charge on any atom is 0.254 e. The fraction of sp³-hybridized carbons (Fsp3) is 0.292. The number of carbonyl (C=O) groups excluding carboxylic acids is 2. The summed E-state index contributed by atoms with van der Waals surface area (Å²) in [5, 5.41) is 15.8. The third kappa shape index (κ3) is 4.11. The van der Waals surface area contributed by atoms with E-state index in [1.54, 1.807) is 36.4 Å². The number of amides is 1. The van der Waals surface area contributed by atoms with Crippen molar-refractivity contribution in [2.45, 2.75) is 28.6 Å². The molecule has 33 heavy (non-hydrogen) atoms. The van der Waals surface area contributed by atoms with Gasteiger partial charge in [-0.15, -0.1) is 0 Å². The van der Waals surface area contributed by atoms with Gasteiger partial charge in [0.2, 0.25) is 0 Å². The van der Waals surface area contributed by atoms with Gasteiger partial charge in [-0.3, -0.25) is 4.79 Å². The maximum absolute atomic E-state index is 12.6. The molecule has 0 heterocycles. The van der Waals surface area contributed by atoms with Crippen LogP contribution in [-0.2, 0) is 4.79 Å². The van der Waals surface area contributed by atoms with E-state index in [0.29, 0.717) is 23.6 Å². The molecule has 2 N–H and O–H groups in total. The Balaban J connectivity index is 1.53. The number of alkyl halides is 2. The van der Waals surface area contributed by atoms with Gasteiger partial charge in [-0.05, 0) is 48.2 Å². The van der Waals surface area contributed by atoms with Crippen molar-refractivity contribution in [1.82, 2.24) is 5.32 Å². The Morgan fingerprint density at radius 2 is 1.91 bits per heavy atom. The van der Waals surface area contributed by atoms with Gasteiger partial charge < -0.3 is 15.4 Å². The van der Waals surface area contributed by atoms with Crippen LogP contribution in [0.1, 0.15) is 40.2 Å². The molecule has 170 valence electrons. The van der Waals surface area contributed by atoms with Crippen molar-refractivity contribution in [1.29, 1.82) is 5.26 Å². The summed E-state index contributed by atoms with van der Waals surface area (Å²) < 4.78 is -1.33. The summed E-state index contributed by atoms with van der Waals surface area (Å²) in [4.78, 5) is 24.8. The maximum atomic E-state index is 12.6. The average molecular weight is 523 g/mol. The van der Waals surface area contributed by atoms with E-state index in [0.717, 1.165) is 17.4 Å². The normalized spacial score (nSPS) is 23.7. The minimum Gasteiger partial charge on any atom is -0.384 e. The van der Waals surface area contributed by atoms with Crippen LogP contribution in [-0.4, -0.2) is 28.6 Å². The van der Waals surface area contributed by atoms with Gasteiger partial charge in [-0.25, -0.2) is 0 Å². The van der Waals surface area contributed by atoms with E-state index in [-0.39, 0.29) is 17.1 Å². The summed E-state index contributed by atoms with van der Waals surface area (Å²) in [6.45, 7) is 3.84. The zero-order valence-corrected chi connectivity index (χ0v) is 20.3. The lowest BCUT2D eigenvalue weighted by atomic mass is 9.99. The average Bonchev–Trinajstić information content (AvgIpc) is 3.66. The highest BCUT2D eigenvalue weighted by molar-refractivity contribution is 6.54. The largest absolute Gasteiger partial charge is 0.384 e. The predicted octanol–water partition coefficient (Wildman–Crippen LogP) is 5.99. The molecule has 0 spiro atoms. The molecule has 0 aromatic heterocycles. The van der Waals surface area contributed by atoms with Crippen molar-refractivity contribution >= 4 is 70.4 Å². The summed E-state index contributed by atoms with van der Waals surface area (Å²) >= 11 is 25.7. The van der Waals surface area contributed by atoms with Gasteiger partial charge in [-0.2, -0.15) is 5.26 Å². The number of halogens is 4. The minimum absolute atomic E-state index is 0.125. The zero-order chi connectivity index (χ0) is 24.0. The number of hydrogen-bond acceptors (Lipinski definition) is 4. The Morgan fingerprint density at radius 3 is 2.48 bits per heavy atom. The third-order valence-corrected chi connectivity index (χ3v) is 8.11. The molecule has 2 unspecified atom stereocenters. The van der Waals surface area contributed by atoms with E-state index in [4.69, 9.17) is 46.4 Å². The molecule has 2 aliphatic carbocycles. The molecular formula is C24H19Cl4N3O2. The van der Waals surface area contributed by atoms with Gasteiger partial charge in [0.05, 0.1) is 22.1 Å². The molecule has 2 saturated carbocycles. The predicted molar refractivity (Wildman–Crippen MR) is 132 cm³/mol. The minimum atomic E-state index is -1.33. The molecule has 0 bridgehead atoms. The topological polar surface area (TPSA) is 82.0 Å². The molecule has 9 heteroatoms. The molecule has 0 aliphatic heterocycles. The fourth-order valence-corrected chi connectivity index (χ4v) is 5.45. The fourth-order valence-electron chi connectivity index (χ4n) is 4.01. The number of nitriles is 1. The van der Waals surface area contributed by atoms with Crippen molar-refractivity contribution in [2.24, 2.45) is 5.41 Å². The summed E-state index contributed by atoms with van der Waals surface area (Å²) in [6.07, 6.45) is 3.62. The van der Waals surface area contributed by atoms with E-state index in [1.165, 1.54) is 0 Å². The molecule has 5 nitrogen and oxygen atoms in total. The third-order valence-electron chi connectivity index (χ3n) is 6.32. The van der Waals surface area contributed by atoms with Crippen molar-refractivity contribution in [3.63, 3.8) is 0 Å². The lowest BCUT2D eigenvalue weighted by Gasteiger charge is -2.16. The molecule has 1 amide bonds. The van der Waals surface area contributed by atoms with Crippen LogP contribution in [0.2, 0.25) is 10.0 Å². The summed E-state index contributed by atoms with van der Waals surface area (Å²) in [6, 6.07) is 12.3. The first-order valence-electron chi connectivity index (χ1n) is 10.2. The lowest BCUT2D eigenvalue weighted by molar-refractivity contribution is -0.112. The number of aldehydes is 1. The van der Waals surface area contributed by atoms with E-state index < -0.39 is 27.1 Å². The molecular weight excluding hydrogens is 504 g/mol. The van der Waals surface area contributed by atoms with E-state index in [2.05, 4.69) is 23.3 Å². The monoisotopic (exact) mass is 521 g/mol. The summed E-state index contributed by atoms with van der Waals surface area (Å²) in [7, 11) is 0. The van der Waals surface area contributed by atoms with E-state index in [9.17, 15) is 14.9 Å². The Hall–Kier alpha value is -2.23. The van der Waals surface area contributed by atoms with Crippen molar-refractivity contribution < 1.29 is 9.59 Å². The number of carbonyl (C=O) groups is 2. The Kier molecular flexibility index (Phi) is 6.18. The number of hydrogen-bond donors (Lipinski definition) is 2. The number of anilines is 1. The molecule has 2 atom stereocenters. The highest BCUT2D eigenvalue weighted by Crippen LogP contribution is 2.73. The summed E-state index contributed by atoms with van der Waals surface area (Å²) in [5.41, 5.74) is 0.379. The van der Waals surface area contributed by atoms with Gasteiger partial charge in [0.15, 0.2) is 0 Å². The van der Waals surface area contributed by atoms with Gasteiger partial charge >= 0.3 is 0 Å². The molecule has 4 rings (SSSR count). The van der Waals surface area contributed by atoms with Crippen LogP contribution in [0.4, 0.5) is 5.69 Å². The highest BCUT2D eigenvalue weighted by atomic mass is 35.5. The Morgan fingerprint density at radius 1 is 1.18 bits per heavy atom. The van der Waals surface area contributed by atoms with Crippen LogP contribution in [0.5, 0.6) is 0 Å². The van der Waals surface area contributed by atoms with Crippen LogP contribution in [0, 0.1) is 16.7 Å². The highest BCUT2D eigenvalue weighted by Gasteiger charge is 2.76.